The van der Waals surface area contributed by atoms with E-state index in [1.807, 2.05) is 13.0 Å². The van der Waals surface area contributed by atoms with E-state index in [4.69, 9.17) is 23.2 Å². The Morgan fingerprint density at radius 1 is 0.878 bits per heavy atom. The van der Waals surface area contributed by atoms with Crippen molar-refractivity contribution in [2.75, 3.05) is 10.6 Å². The molecule has 1 heterocycles. The van der Waals surface area contributed by atoms with Crippen LogP contribution >= 0.6 is 35.0 Å². The van der Waals surface area contributed by atoms with Crippen molar-refractivity contribution in [1.29, 1.82) is 0 Å². The van der Waals surface area contributed by atoms with Crippen LogP contribution in [0.3, 0.4) is 0 Å². The largest absolute Gasteiger partial charge is 0.325 e. The van der Waals surface area contributed by atoms with Crippen molar-refractivity contribution in [2.24, 2.45) is 0 Å². The van der Waals surface area contributed by atoms with Crippen LogP contribution in [0.4, 0.5) is 11.4 Å². The number of carbonyl (C=O) groups excluding carboxylic acids is 3. The first-order valence-corrected chi connectivity index (χ1v) is 14.3. The quantitative estimate of drug-likeness (QED) is 0.130. The lowest BCUT2D eigenvalue weighted by atomic mass is 10.2. The second kappa shape index (κ2) is 14.5. The Kier molecular flexibility index (Phi) is 10.6. The van der Waals surface area contributed by atoms with E-state index < -0.39 is 17.1 Å². The molecule has 1 aromatic heterocycles. The lowest BCUT2D eigenvalue weighted by molar-refractivity contribution is -0.116. The van der Waals surface area contributed by atoms with E-state index in [0.29, 0.717) is 39.0 Å². The SMILES string of the molecule is CCC(Sc1cccc(NC(=O)/C(=C/c2cccnc2)NC(=O)c2ccccc2)c1)C(=O)Nc1cc(Cl)cc(Cl)c1. The van der Waals surface area contributed by atoms with Crippen molar-refractivity contribution in [3.05, 3.63) is 124 Å². The van der Waals surface area contributed by atoms with Gasteiger partial charge in [-0.25, -0.2) is 0 Å². The van der Waals surface area contributed by atoms with E-state index in [1.165, 1.54) is 11.8 Å². The van der Waals surface area contributed by atoms with Crippen LogP contribution in [0.1, 0.15) is 29.3 Å². The third kappa shape index (κ3) is 8.94. The first-order chi connectivity index (χ1) is 19.8. The fourth-order valence-electron chi connectivity index (χ4n) is 3.75. The fourth-order valence-corrected chi connectivity index (χ4v) is 5.29. The van der Waals surface area contributed by atoms with Crippen molar-refractivity contribution in [1.82, 2.24) is 10.3 Å². The first kappa shape index (κ1) is 29.9. The van der Waals surface area contributed by atoms with E-state index in [2.05, 4.69) is 20.9 Å². The number of hydrogen-bond acceptors (Lipinski definition) is 5. The second-order valence-corrected chi connectivity index (χ2v) is 11.0. The molecule has 4 rings (SSSR count). The van der Waals surface area contributed by atoms with Gasteiger partial charge in [-0.05, 0) is 72.7 Å². The molecule has 10 heteroatoms. The Labute approximate surface area is 252 Å². The standard InChI is InChI=1S/C31H26Cl2N4O3S/c1-2-28(31(40)36-25-16-22(32)15-23(33)17-25)41-26-12-6-11-24(18-26)35-30(39)27(14-20-8-7-13-34-19-20)37-29(38)21-9-4-3-5-10-21/h3-19,28H,2H2,1H3,(H,35,39)(H,36,40)(H,37,38)/b27-14-. The summed E-state index contributed by atoms with van der Waals surface area (Å²) in [5, 5.41) is 8.85. The molecule has 208 valence electrons. The lowest BCUT2D eigenvalue weighted by Crippen LogP contribution is -2.30. The zero-order chi connectivity index (χ0) is 29.2. The summed E-state index contributed by atoms with van der Waals surface area (Å²) < 4.78 is 0. The molecular formula is C31H26Cl2N4O3S. The van der Waals surface area contributed by atoms with E-state index in [9.17, 15) is 14.4 Å². The third-order valence-electron chi connectivity index (χ3n) is 5.69. The van der Waals surface area contributed by atoms with Gasteiger partial charge >= 0.3 is 0 Å². The lowest BCUT2D eigenvalue weighted by Gasteiger charge is -2.16. The number of hydrogen-bond donors (Lipinski definition) is 3. The van der Waals surface area contributed by atoms with Gasteiger partial charge in [-0.15, -0.1) is 11.8 Å². The number of pyridine rings is 1. The van der Waals surface area contributed by atoms with Crippen LogP contribution in [0.25, 0.3) is 6.08 Å². The highest BCUT2D eigenvalue weighted by molar-refractivity contribution is 8.00. The van der Waals surface area contributed by atoms with Crippen LogP contribution in [-0.2, 0) is 9.59 Å². The molecule has 0 spiro atoms. The summed E-state index contributed by atoms with van der Waals surface area (Å²) in [6.45, 7) is 1.92. The molecule has 41 heavy (non-hydrogen) atoms. The number of aromatic nitrogens is 1. The summed E-state index contributed by atoms with van der Waals surface area (Å²) in [7, 11) is 0. The fraction of sp³-hybridized carbons (Fsp3) is 0.0968. The Bertz CT molecular complexity index is 1550. The van der Waals surface area contributed by atoms with Gasteiger partial charge in [0.1, 0.15) is 5.70 Å². The number of benzene rings is 3. The van der Waals surface area contributed by atoms with Crippen molar-refractivity contribution in [3.63, 3.8) is 0 Å². The van der Waals surface area contributed by atoms with Crippen LogP contribution in [0.2, 0.25) is 10.0 Å². The van der Waals surface area contributed by atoms with Crippen molar-refractivity contribution in [2.45, 2.75) is 23.5 Å². The summed E-state index contributed by atoms with van der Waals surface area (Å²) in [4.78, 5) is 44.0. The summed E-state index contributed by atoms with van der Waals surface area (Å²) in [6, 6.07) is 24.1. The van der Waals surface area contributed by atoms with Crippen LogP contribution in [0, 0.1) is 0 Å². The van der Waals surface area contributed by atoms with Gasteiger partial charge < -0.3 is 16.0 Å². The van der Waals surface area contributed by atoms with Gasteiger partial charge in [0.2, 0.25) is 5.91 Å². The van der Waals surface area contributed by atoms with E-state index in [-0.39, 0.29) is 11.6 Å². The molecule has 1 atom stereocenters. The zero-order valence-corrected chi connectivity index (χ0v) is 24.3. The number of rotatable bonds is 10. The molecule has 0 aliphatic carbocycles. The molecule has 0 saturated heterocycles. The Morgan fingerprint density at radius 3 is 2.32 bits per heavy atom. The van der Waals surface area contributed by atoms with Crippen LogP contribution in [-0.4, -0.2) is 28.0 Å². The molecule has 0 radical (unpaired) electrons. The number of nitrogens with one attached hydrogen (secondary N) is 3. The average Bonchev–Trinajstić information content (AvgIpc) is 2.96. The van der Waals surface area contributed by atoms with Crippen LogP contribution < -0.4 is 16.0 Å². The van der Waals surface area contributed by atoms with Gasteiger partial charge in [-0.3, -0.25) is 19.4 Å². The monoisotopic (exact) mass is 604 g/mol. The van der Waals surface area contributed by atoms with E-state index in [1.54, 1.807) is 97.3 Å². The summed E-state index contributed by atoms with van der Waals surface area (Å²) in [5.41, 5.74) is 2.13. The number of carbonyl (C=O) groups is 3. The molecule has 3 amide bonds. The van der Waals surface area contributed by atoms with Crippen LogP contribution in [0.5, 0.6) is 0 Å². The minimum atomic E-state index is -0.511. The number of amides is 3. The normalized spacial score (nSPS) is 11.8. The summed E-state index contributed by atoms with van der Waals surface area (Å²) in [6.07, 6.45) is 5.33. The first-order valence-electron chi connectivity index (χ1n) is 12.6. The number of thioether (sulfide) groups is 1. The maximum Gasteiger partial charge on any atom is 0.272 e. The Hall–Kier alpha value is -4.11. The maximum absolute atomic E-state index is 13.3. The number of nitrogens with zero attached hydrogens (tertiary/aromatic N) is 1. The molecule has 0 saturated carbocycles. The van der Waals surface area contributed by atoms with Gasteiger partial charge in [-0.1, -0.05) is 60.5 Å². The molecule has 4 aromatic rings. The molecule has 3 aromatic carbocycles. The topological polar surface area (TPSA) is 100 Å². The minimum Gasteiger partial charge on any atom is -0.325 e. The molecule has 0 aliphatic heterocycles. The summed E-state index contributed by atoms with van der Waals surface area (Å²) >= 11 is 13.5. The van der Waals surface area contributed by atoms with Crippen molar-refractivity contribution in [3.8, 4) is 0 Å². The van der Waals surface area contributed by atoms with Gasteiger partial charge in [0, 0.05) is 44.3 Å². The maximum atomic E-state index is 13.3. The molecule has 0 fully saturated rings. The van der Waals surface area contributed by atoms with Crippen molar-refractivity contribution < 1.29 is 14.4 Å². The zero-order valence-electron chi connectivity index (χ0n) is 21.9. The van der Waals surface area contributed by atoms with Crippen molar-refractivity contribution >= 4 is 70.1 Å². The predicted molar refractivity (Wildman–Crippen MR) is 166 cm³/mol. The van der Waals surface area contributed by atoms with E-state index >= 15 is 0 Å². The van der Waals surface area contributed by atoms with E-state index in [0.717, 1.165) is 4.90 Å². The Balaban J connectivity index is 1.48. The molecular weight excluding hydrogens is 579 g/mol. The smallest absolute Gasteiger partial charge is 0.272 e. The molecule has 1 unspecified atom stereocenters. The number of halogens is 2. The minimum absolute atomic E-state index is 0.0518. The highest BCUT2D eigenvalue weighted by Gasteiger charge is 2.20. The second-order valence-electron chi connectivity index (χ2n) is 8.81. The highest BCUT2D eigenvalue weighted by Crippen LogP contribution is 2.30. The van der Waals surface area contributed by atoms with Gasteiger partial charge in [-0.2, -0.15) is 0 Å². The summed E-state index contributed by atoms with van der Waals surface area (Å²) in [5.74, 6) is -1.13. The third-order valence-corrected chi connectivity index (χ3v) is 7.48. The highest BCUT2D eigenvalue weighted by atomic mass is 35.5. The van der Waals surface area contributed by atoms with Gasteiger partial charge in [0.25, 0.3) is 11.8 Å². The predicted octanol–water partition coefficient (Wildman–Crippen LogP) is 7.31. The molecule has 0 bridgehead atoms. The van der Waals surface area contributed by atoms with Gasteiger partial charge in [0.05, 0.1) is 5.25 Å². The molecule has 0 aliphatic rings. The molecule has 3 N–H and O–H groups in total. The van der Waals surface area contributed by atoms with Gasteiger partial charge in [0.15, 0.2) is 0 Å². The Morgan fingerprint density at radius 2 is 1.63 bits per heavy atom. The average molecular weight is 606 g/mol. The van der Waals surface area contributed by atoms with Crippen LogP contribution in [0.15, 0.2) is 108 Å². The molecule has 7 nitrogen and oxygen atoms in total. The number of anilines is 2.